The minimum Gasteiger partial charge on any atom is -0.508 e. The standard InChI is InChI=1S/C17H18N6O2S/c1-3-23(26)17(25)22-14-8-7-12-16(20-14)21-15(9-18-12)19-11-5-4-6-13(24)10(11)2/h4-9,24,26H,3H2,1-2H3,(H2,19,20,21,22,25). The summed E-state index contributed by atoms with van der Waals surface area (Å²) in [5.41, 5.74) is 2.40. The second-order valence-electron chi connectivity index (χ2n) is 5.52. The predicted octanol–water partition coefficient (Wildman–Crippen LogP) is 3.48. The van der Waals surface area contributed by atoms with Gasteiger partial charge in [-0.3, -0.25) is 9.62 Å². The van der Waals surface area contributed by atoms with E-state index in [1.165, 1.54) is 4.31 Å². The summed E-state index contributed by atoms with van der Waals surface area (Å²) in [5, 5.41) is 15.6. The third-order valence-electron chi connectivity index (χ3n) is 3.74. The zero-order chi connectivity index (χ0) is 18.7. The summed E-state index contributed by atoms with van der Waals surface area (Å²) in [5.74, 6) is 1.03. The summed E-state index contributed by atoms with van der Waals surface area (Å²) in [6, 6.07) is 8.19. The topological polar surface area (TPSA) is 103 Å². The highest BCUT2D eigenvalue weighted by atomic mass is 32.1. The maximum Gasteiger partial charge on any atom is 0.332 e. The highest BCUT2D eigenvalue weighted by Gasteiger charge is 2.10. The number of nitrogens with one attached hydrogen (secondary N) is 2. The van der Waals surface area contributed by atoms with E-state index in [0.29, 0.717) is 34.9 Å². The fourth-order valence-corrected chi connectivity index (χ4v) is 2.29. The van der Waals surface area contributed by atoms with Gasteiger partial charge < -0.3 is 10.4 Å². The number of pyridine rings is 1. The molecule has 0 aliphatic carbocycles. The van der Waals surface area contributed by atoms with E-state index >= 15 is 0 Å². The molecule has 9 heteroatoms. The molecule has 26 heavy (non-hydrogen) atoms. The Labute approximate surface area is 155 Å². The number of aromatic hydroxyl groups is 1. The lowest BCUT2D eigenvalue weighted by atomic mass is 10.2. The number of hydrogen-bond acceptors (Lipinski definition) is 7. The van der Waals surface area contributed by atoms with Crippen molar-refractivity contribution in [1.82, 2.24) is 19.3 Å². The van der Waals surface area contributed by atoms with Gasteiger partial charge in [-0.15, -0.1) is 0 Å². The molecule has 0 atom stereocenters. The quantitative estimate of drug-likeness (QED) is 0.524. The summed E-state index contributed by atoms with van der Waals surface area (Å²) in [6.07, 6.45) is 1.58. The van der Waals surface area contributed by atoms with Gasteiger partial charge in [-0.2, -0.15) is 0 Å². The Kier molecular flexibility index (Phi) is 5.08. The number of benzene rings is 1. The molecule has 0 aliphatic heterocycles. The summed E-state index contributed by atoms with van der Waals surface area (Å²) in [6.45, 7) is 4.07. The van der Waals surface area contributed by atoms with E-state index in [2.05, 4.69) is 38.4 Å². The Balaban J connectivity index is 1.87. The van der Waals surface area contributed by atoms with E-state index in [1.54, 1.807) is 37.4 Å². The van der Waals surface area contributed by atoms with E-state index in [0.717, 1.165) is 5.69 Å². The maximum atomic E-state index is 11.9. The molecule has 0 unspecified atom stereocenters. The molecular formula is C17H18N6O2S. The monoisotopic (exact) mass is 370 g/mol. The first kappa shape index (κ1) is 17.7. The molecule has 0 bridgehead atoms. The summed E-state index contributed by atoms with van der Waals surface area (Å²) in [7, 11) is 0. The molecule has 2 amide bonds. The number of phenols is 1. The third kappa shape index (κ3) is 3.77. The van der Waals surface area contributed by atoms with Gasteiger partial charge in [0.15, 0.2) is 11.5 Å². The molecule has 3 aromatic rings. The molecule has 0 fully saturated rings. The molecule has 0 aliphatic rings. The van der Waals surface area contributed by atoms with Gasteiger partial charge in [0.05, 0.1) is 6.20 Å². The Bertz CT molecular complexity index is 965. The van der Waals surface area contributed by atoms with Crippen LogP contribution >= 0.6 is 12.8 Å². The summed E-state index contributed by atoms with van der Waals surface area (Å²) < 4.78 is 1.24. The van der Waals surface area contributed by atoms with Crippen LogP contribution in [0.5, 0.6) is 5.75 Å². The fourth-order valence-electron chi connectivity index (χ4n) is 2.24. The molecule has 0 spiro atoms. The second-order valence-corrected chi connectivity index (χ2v) is 6.00. The van der Waals surface area contributed by atoms with Crippen LogP contribution in [0.3, 0.4) is 0 Å². The molecule has 3 N–H and O–H groups in total. The van der Waals surface area contributed by atoms with Gasteiger partial charge in [0.25, 0.3) is 0 Å². The number of carbonyl (C=O) groups excluding carboxylic acids is 1. The van der Waals surface area contributed by atoms with Gasteiger partial charge in [0, 0.05) is 17.8 Å². The normalized spacial score (nSPS) is 10.6. The van der Waals surface area contributed by atoms with Crippen LogP contribution in [-0.2, 0) is 0 Å². The number of phenolic OH excluding ortho intramolecular Hbond substituents is 1. The first-order chi connectivity index (χ1) is 12.5. The van der Waals surface area contributed by atoms with Gasteiger partial charge in [-0.25, -0.2) is 19.7 Å². The minimum atomic E-state index is -0.375. The molecule has 0 saturated heterocycles. The number of fused-ring (bicyclic) bond motifs is 1. The van der Waals surface area contributed by atoms with Crippen molar-refractivity contribution in [3.8, 4) is 5.75 Å². The van der Waals surface area contributed by atoms with Crippen molar-refractivity contribution in [3.05, 3.63) is 42.1 Å². The lowest BCUT2D eigenvalue weighted by Crippen LogP contribution is -2.27. The Morgan fingerprint density at radius 1 is 1.23 bits per heavy atom. The number of thiol groups is 1. The number of rotatable bonds is 4. The predicted molar refractivity (Wildman–Crippen MR) is 104 cm³/mol. The van der Waals surface area contributed by atoms with Crippen molar-refractivity contribution in [2.45, 2.75) is 13.8 Å². The van der Waals surface area contributed by atoms with E-state index in [4.69, 9.17) is 0 Å². The highest BCUT2D eigenvalue weighted by Crippen LogP contribution is 2.26. The van der Waals surface area contributed by atoms with Crippen molar-refractivity contribution in [3.63, 3.8) is 0 Å². The number of nitrogens with zero attached hydrogens (tertiary/aromatic N) is 4. The van der Waals surface area contributed by atoms with Crippen LogP contribution in [0.4, 0.5) is 22.1 Å². The van der Waals surface area contributed by atoms with Gasteiger partial charge in [0.2, 0.25) is 0 Å². The van der Waals surface area contributed by atoms with Gasteiger partial charge >= 0.3 is 6.03 Å². The molecule has 8 nitrogen and oxygen atoms in total. The highest BCUT2D eigenvalue weighted by molar-refractivity contribution is 7.78. The first-order valence-electron chi connectivity index (χ1n) is 7.94. The Morgan fingerprint density at radius 2 is 2.00 bits per heavy atom. The molecular weight excluding hydrogens is 352 g/mol. The smallest absolute Gasteiger partial charge is 0.332 e. The summed E-state index contributed by atoms with van der Waals surface area (Å²) in [4.78, 5) is 24.9. The Hall–Kier alpha value is -3.07. The zero-order valence-electron chi connectivity index (χ0n) is 14.3. The lowest BCUT2D eigenvalue weighted by molar-refractivity contribution is 0.240. The van der Waals surface area contributed by atoms with Crippen molar-refractivity contribution in [2.24, 2.45) is 0 Å². The number of aromatic nitrogens is 3. The SMILES string of the molecule is CCN(S)C(=O)Nc1ccc2ncc(Nc3cccc(O)c3C)nc2n1. The van der Waals surface area contributed by atoms with Crippen LogP contribution < -0.4 is 10.6 Å². The van der Waals surface area contributed by atoms with Gasteiger partial charge in [0.1, 0.15) is 17.1 Å². The van der Waals surface area contributed by atoms with Crippen molar-refractivity contribution in [2.75, 3.05) is 17.2 Å². The zero-order valence-corrected chi connectivity index (χ0v) is 15.2. The number of urea groups is 1. The summed E-state index contributed by atoms with van der Waals surface area (Å²) >= 11 is 4.05. The third-order valence-corrected chi connectivity index (χ3v) is 4.21. The average Bonchev–Trinajstić information content (AvgIpc) is 2.64. The van der Waals surface area contributed by atoms with Crippen molar-refractivity contribution < 1.29 is 9.90 Å². The molecule has 134 valence electrons. The number of amides is 2. The maximum absolute atomic E-state index is 11.9. The van der Waals surface area contributed by atoms with Gasteiger partial charge in [-0.1, -0.05) is 18.9 Å². The molecule has 0 saturated carbocycles. The lowest BCUT2D eigenvalue weighted by Gasteiger charge is -2.13. The largest absolute Gasteiger partial charge is 0.508 e. The van der Waals surface area contributed by atoms with Gasteiger partial charge in [-0.05, 0) is 38.1 Å². The minimum absolute atomic E-state index is 0.194. The van der Waals surface area contributed by atoms with E-state index in [1.807, 2.05) is 13.0 Å². The molecule has 2 aromatic heterocycles. The molecule has 1 aromatic carbocycles. The molecule has 3 rings (SSSR count). The first-order valence-corrected chi connectivity index (χ1v) is 8.34. The average molecular weight is 370 g/mol. The van der Waals surface area contributed by atoms with Crippen LogP contribution in [0.15, 0.2) is 36.5 Å². The van der Waals surface area contributed by atoms with Crippen molar-refractivity contribution >= 4 is 47.3 Å². The van der Waals surface area contributed by atoms with Crippen LogP contribution in [-0.4, -0.2) is 36.9 Å². The number of hydrogen-bond donors (Lipinski definition) is 4. The fraction of sp³-hybridized carbons (Fsp3) is 0.176. The van der Waals surface area contributed by atoms with Crippen LogP contribution in [0.25, 0.3) is 11.2 Å². The molecule has 2 heterocycles. The number of anilines is 3. The van der Waals surface area contributed by atoms with E-state index < -0.39 is 0 Å². The molecule has 0 radical (unpaired) electrons. The van der Waals surface area contributed by atoms with E-state index in [-0.39, 0.29) is 11.8 Å². The van der Waals surface area contributed by atoms with Crippen LogP contribution in [0.2, 0.25) is 0 Å². The van der Waals surface area contributed by atoms with Crippen LogP contribution in [0.1, 0.15) is 12.5 Å². The Morgan fingerprint density at radius 3 is 2.77 bits per heavy atom. The van der Waals surface area contributed by atoms with Crippen molar-refractivity contribution in [1.29, 1.82) is 0 Å². The second kappa shape index (κ2) is 7.44. The number of carbonyl (C=O) groups is 1. The van der Waals surface area contributed by atoms with E-state index in [9.17, 15) is 9.90 Å². The van der Waals surface area contributed by atoms with Crippen LogP contribution in [0, 0.1) is 6.92 Å².